The molecule has 0 aliphatic carbocycles. The van der Waals surface area contributed by atoms with Crippen LogP contribution in [0.2, 0.25) is 0 Å². The minimum absolute atomic E-state index is 0.0671. The molecule has 0 saturated carbocycles. The monoisotopic (exact) mass is 357 g/mol. The Kier molecular flexibility index (Phi) is 4.22. The molecule has 1 heterocycles. The molecule has 0 aliphatic rings. The van der Waals surface area contributed by atoms with Gasteiger partial charge in [-0.25, -0.2) is 9.66 Å². The summed E-state index contributed by atoms with van der Waals surface area (Å²) in [6.07, 6.45) is 0.0671. The lowest BCUT2D eigenvalue weighted by Crippen LogP contribution is -2.37. The maximum absolute atomic E-state index is 12.6. The Bertz CT molecular complexity index is 1100. The second-order valence-electron chi connectivity index (χ2n) is 6.49. The molecule has 4 aromatic rings. The zero-order chi connectivity index (χ0) is 18.9. The zero-order valence-corrected chi connectivity index (χ0v) is 14.6. The van der Waals surface area contributed by atoms with Gasteiger partial charge in [-0.3, -0.25) is 4.79 Å². The predicted molar refractivity (Wildman–Crippen MR) is 106 cm³/mol. The van der Waals surface area contributed by atoms with Gasteiger partial charge < -0.3 is 10.9 Å². The van der Waals surface area contributed by atoms with E-state index in [2.05, 4.69) is 4.98 Å². The molecule has 4 rings (SSSR count). The Morgan fingerprint density at radius 3 is 1.96 bits per heavy atom. The van der Waals surface area contributed by atoms with Gasteiger partial charge in [0.1, 0.15) is 11.4 Å². The van der Waals surface area contributed by atoms with Gasteiger partial charge in [-0.2, -0.15) is 0 Å². The van der Waals surface area contributed by atoms with Crippen molar-refractivity contribution >= 4 is 10.9 Å². The van der Waals surface area contributed by atoms with Gasteiger partial charge in [-0.15, -0.1) is 0 Å². The van der Waals surface area contributed by atoms with Crippen molar-refractivity contribution in [3.05, 3.63) is 112 Å². The van der Waals surface area contributed by atoms with Crippen LogP contribution in [0.4, 0.5) is 0 Å². The van der Waals surface area contributed by atoms with E-state index >= 15 is 0 Å². The van der Waals surface area contributed by atoms with Crippen LogP contribution >= 0.6 is 0 Å². The average Bonchev–Trinajstić information content (AvgIpc) is 2.73. The van der Waals surface area contributed by atoms with Crippen LogP contribution in [0.5, 0.6) is 0 Å². The van der Waals surface area contributed by atoms with Gasteiger partial charge >= 0.3 is 0 Å². The largest absolute Gasteiger partial charge is 0.380 e. The van der Waals surface area contributed by atoms with Gasteiger partial charge in [0.15, 0.2) is 0 Å². The van der Waals surface area contributed by atoms with E-state index in [1.807, 2.05) is 66.7 Å². The minimum atomic E-state index is -1.37. The Balaban J connectivity index is 1.90. The Morgan fingerprint density at radius 1 is 0.852 bits per heavy atom. The number of para-hydroxylation sites is 1. The maximum atomic E-state index is 12.6. The molecule has 3 N–H and O–H groups in total. The van der Waals surface area contributed by atoms with Crippen molar-refractivity contribution in [1.82, 2.24) is 9.66 Å². The first kappa shape index (κ1) is 17.0. The van der Waals surface area contributed by atoms with Crippen LogP contribution in [0.1, 0.15) is 17.0 Å². The molecule has 3 aromatic carbocycles. The molecule has 0 bridgehead atoms. The SMILES string of the molecule is Nn1c(CC(O)(c2ccccc2)c2ccccc2)nc2ccccc2c1=O. The quantitative estimate of drug-likeness (QED) is 0.550. The summed E-state index contributed by atoms with van der Waals surface area (Å²) in [6, 6.07) is 25.7. The van der Waals surface area contributed by atoms with Gasteiger partial charge in [-0.05, 0) is 23.3 Å². The third-order valence-corrected chi connectivity index (χ3v) is 4.80. The highest BCUT2D eigenvalue weighted by Gasteiger charge is 2.33. The summed E-state index contributed by atoms with van der Waals surface area (Å²) in [5, 5.41) is 12.1. The van der Waals surface area contributed by atoms with E-state index in [-0.39, 0.29) is 12.0 Å². The summed E-state index contributed by atoms with van der Waals surface area (Å²) >= 11 is 0. The fourth-order valence-electron chi connectivity index (χ4n) is 3.34. The molecular weight excluding hydrogens is 338 g/mol. The summed E-state index contributed by atoms with van der Waals surface area (Å²) in [5.74, 6) is 6.36. The lowest BCUT2D eigenvalue weighted by Gasteiger charge is -2.29. The summed E-state index contributed by atoms with van der Waals surface area (Å²) in [7, 11) is 0. The van der Waals surface area contributed by atoms with E-state index in [9.17, 15) is 9.90 Å². The Labute approximate surface area is 156 Å². The van der Waals surface area contributed by atoms with Crippen LogP contribution in [0, 0.1) is 0 Å². The summed E-state index contributed by atoms with van der Waals surface area (Å²) < 4.78 is 1.03. The lowest BCUT2D eigenvalue weighted by atomic mass is 9.83. The molecule has 0 radical (unpaired) electrons. The number of nitrogens with two attached hydrogens (primary N) is 1. The van der Waals surface area contributed by atoms with E-state index in [0.29, 0.717) is 27.9 Å². The fraction of sp³-hybridized carbons (Fsp3) is 0.0909. The van der Waals surface area contributed by atoms with E-state index in [1.165, 1.54) is 0 Å². The molecule has 0 atom stereocenters. The van der Waals surface area contributed by atoms with Crippen LogP contribution in [-0.4, -0.2) is 14.8 Å². The Hall–Kier alpha value is -3.44. The lowest BCUT2D eigenvalue weighted by molar-refractivity contribution is 0.0780. The van der Waals surface area contributed by atoms with Gasteiger partial charge in [-0.1, -0.05) is 72.8 Å². The highest BCUT2D eigenvalue weighted by molar-refractivity contribution is 5.77. The normalized spacial score (nSPS) is 11.6. The van der Waals surface area contributed by atoms with E-state index in [0.717, 1.165) is 4.68 Å². The zero-order valence-electron chi connectivity index (χ0n) is 14.6. The average molecular weight is 357 g/mol. The molecule has 27 heavy (non-hydrogen) atoms. The molecule has 0 fully saturated rings. The number of hydrogen-bond donors (Lipinski definition) is 2. The number of rotatable bonds is 4. The summed E-state index contributed by atoms with van der Waals surface area (Å²) in [5.41, 5.74) is 0.268. The van der Waals surface area contributed by atoms with Crippen molar-refractivity contribution < 1.29 is 5.11 Å². The highest BCUT2D eigenvalue weighted by atomic mass is 16.3. The third kappa shape index (κ3) is 2.98. The van der Waals surface area contributed by atoms with E-state index in [4.69, 9.17) is 5.84 Å². The van der Waals surface area contributed by atoms with Crippen molar-refractivity contribution in [3.8, 4) is 0 Å². The van der Waals surface area contributed by atoms with Crippen LogP contribution in [0.15, 0.2) is 89.7 Å². The van der Waals surface area contributed by atoms with Gasteiger partial charge in [0.25, 0.3) is 5.56 Å². The number of nitrogens with zero attached hydrogens (tertiary/aromatic N) is 2. The van der Waals surface area contributed by atoms with E-state index in [1.54, 1.807) is 18.2 Å². The molecule has 134 valence electrons. The van der Waals surface area contributed by atoms with Crippen molar-refractivity contribution in [2.75, 3.05) is 5.84 Å². The number of aromatic nitrogens is 2. The molecular formula is C22H19N3O2. The van der Waals surface area contributed by atoms with Crippen LogP contribution in [-0.2, 0) is 12.0 Å². The molecule has 0 unspecified atom stereocenters. The molecule has 0 spiro atoms. The van der Waals surface area contributed by atoms with Crippen molar-refractivity contribution in [3.63, 3.8) is 0 Å². The first-order valence-corrected chi connectivity index (χ1v) is 8.69. The fourth-order valence-corrected chi connectivity index (χ4v) is 3.34. The topological polar surface area (TPSA) is 81.1 Å². The van der Waals surface area contributed by atoms with Crippen LogP contribution in [0.25, 0.3) is 10.9 Å². The smallest absolute Gasteiger partial charge is 0.279 e. The summed E-state index contributed by atoms with van der Waals surface area (Å²) in [4.78, 5) is 17.2. The van der Waals surface area contributed by atoms with Gasteiger partial charge in [0, 0.05) is 6.42 Å². The molecule has 1 aromatic heterocycles. The first-order chi connectivity index (χ1) is 13.1. The van der Waals surface area contributed by atoms with Gasteiger partial charge in [0.05, 0.1) is 10.9 Å². The number of aliphatic hydroxyl groups is 1. The van der Waals surface area contributed by atoms with Crippen molar-refractivity contribution in [2.24, 2.45) is 0 Å². The molecule has 0 aliphatic heterocycles. The van der Waals surface area contributed by atoms with Crippen LogP contribution < -0.4 is 11.4 Å². The van der Waals surface area contributed by atoms with Crippen LogP contribution in [0.3, 0.4) is 0 Å². The van der Waals surface area contributed by atoms with Crippen molar-refractivity contribution in [2.45, 2.75) is 12.0 Å². The molecule has 0 amide bonds. The van der Waals surface area contributed by atoms with E-state index < -0.39 is 5.60 Å². The second kappa shape index (κ2) is 6.70. The molecule has 0 saturated heterocycles. The molecule has 5 heteroatoms. The predicted octanol–water partition coefficient (Wildman–Crippen LogP) is 2.59. The number of benzene rings is 3. The highest BCUT2D eigenvalue weighted by Crippen LogP contribution is 2.32. The first-order valence-electron chi connectivity index (χ1n) is 8.69. The minimum Gasteiger partial charge on any atom is -0.380 e. The second-order valence-corrected chi connectivity index (χ2v) is 6.49. The standard InChI is InChI=1S/C22H19N3O2/c23-25-20(24-19-14-8-7-13-18(19)21(25)26)15-22(27,16-9-3-1-4-10-16)17-11-5-2-6-12-17/h1-14,27H,15,23H2. The number of nitrogen functional groups attached to an aromatic ring is 1. The number of hydrogen-bond acceptors (Lipinski definition) is 4. The maximum Gasteiger partial charge on any atom is 0.279 e. The Morgan fingerprint density at radius 2 is 1.37 bits per heavy atom. The third-order valence-electron chi connectivity index (χ3n) is 4.80. The van der Waals surface area contributed by atoms with Gasteiger partial charge in [0.2, 0.25) is 0 Å². The number of fused-ring (bicyclic) bond motifs is 1. The molecule has 5 nitrogen and oxygen atoms in total. The van der Waals surface area contributed by atoms with Crippen molar-refractivity contribution in [1.29, 1.82) is 0 Å². The summed E-state index contributed by atoms with van der Waals surface area (Å²) in [6.45, 7) is 0.